The van der Waals surface area contributed by atoms with Crippen molar-refractivity contribution < 1.29 is 4.79 Å². The summed E-state index contributed by atoms with van der Waals surface area (Å²) in [5.41, 5.74) is -0.171. The van der Waals surface area contributed by atoms with E-state index in [-0.39, 0.29) is 11.7 Å². The van der Waals surface area contributed by atoms with E-state index >= 15 is 0 Å². The van der Waals surface area contributed by atoms with Crippen molar-refractivity contribution in [2.75, 3.05) is 6.54 Å². The third-order valence-corrected chi connectivity index (χ3v) is 3.42. The van der Waals surface area contributed by atoms with Crippen LogP contribution in [0.2, 0.25) is 0 Å². The number of carbonyl (C=O) groups excluding carboxylic acids is 1. The molecular formula is C10H18N2O. The SMILES string of the molecule is CCN1C(=O)C2(CCCC2)NC1C. The van der Waals surface area contributed by atoms with Crippen molar-refractivity contribution in [3.8, 4) is 0 Å². The van der Waals surface area contributed by atoms with E-state index in [2.05, 4.69) is 12.2 Å². The Morgan fingerprint density at radius 2 is 2.15 bits per heavy atom. The van der Waals surface area contributed by atoms with Gasteiger partial charge >= 0.3 is 0 Å². The molecule has 0 aromatic rings. The lowest BCUT2D eigenvalue weighted by Crippen LogP contribution is -2.44. The summed E-state index contributed by atoms with van der Waals surface area (Å²) in [4.78, 5) is 14.0. The Morgan fingerprint density at radius 3 is 2.62 bits per heavy atom. The minimum atomic E-state index is -0.171. The van der Waals surface area contributed by atoms with Gasteiger partial charge in [0.2, 0.25) is 5.91 Å². The molecule has 1 N–H and O–H groups in total. The van der Waals surface area contributed by atoms with Crippen LogP contribution in [0.5, 0.6) is 0 Å². The Morgan fingerprint density at radius 1 is 1.54 bits per heavy atom. The van der Waals surface area contributed by atoms with Gasteiger partial charge in [0, 0.05) is 6.54 Å². The summed E-state index contributed by atoms with van der Waals surface area (Å²) < 4.78 is 0. The molecule has 3 nitrogen and oxygen atoms in total. The van der Waals surface area contributed by atoms with Crippen molar-refractivity contribution in [1.82, 2.24) is 10.2 Å². The zero-order valence-electron chi connectivity index (χ0n) is 8.47. The predicted octanol–water partition coefficient (Wildman–Crippen LogP) is 1.10. The molecule has 3 heteroatoms. The van der Waals surface area contributed by atoms with Crippen LogP contribution in [0, 0.1) is 0 Å². The molecular weight excluding hydrogens is 164 g/mol. The summed E-state index contributed by atoms with van der Waals surface area (Å²) in [7, 11) is 0. The average Bonchev–Trinajstić information content (AvgIpc) is 2.62. The summed E-state index contributed by atoms with van der Waals surface area (Å²) in [6.45, 7) is 4.95. The average molecular weight is 182 g/mol. The van der Waals surface area contributed by atoms with Crippen LogP contribution in [-0.4, -0.2) is 29.1 Å². The Kier molecular flexibility index (Phi) is 2.06. The van der Waals surface area contributed by atoms with Gasteiger partial charge in [-0.15, -0.1) is 0 Å². The van der Waals surface area contributed by atoms with Crippen molar-refractivity contribution in [2.45, 2.75) is 51.2 Å². The highest BCUT2D eigenvalue weighted by molar-refractivity contribution is 5.89. The Hall–Kier alpha value is -0.570. The minimum absolute atomic E-state index is 0.171. The summed E-state index contributed by atoms with van der Waals surface area (Å²) >= 11 is 0. The first-order chi connectivity index (χ1) is 6.19. The molecule has 1 atom stereocenters. The number of nitrogens with zero attached hydrogens (tertiary/aromatic N) is 1. The maximum atomic E-state index is 12.0. The van der Waals surface area contributed by atoms with E-state index in [1.807, 2.05) is 11.8 Å². The van der Waals surface area contributed by atoms with Crippen LogP contribution >= 0.6 is 0 Å². The summed E-state index contributed by atoms with van der Waals surface area (Å²) in [6.07, 6.45) is 4.70. The Bertz CT molecular complexity index is 221. The lowest BCUT2D eigenvalue weighted by atomic mass is 9.98. The molecule has 2 rings (SSSR count). The van der Waals surface area contributed by atoms with Crippen LogP contribution in [0.4, 0.5) is 0 Å². The molecule has 74 valence electrons. The molecule has 0 aromatic carbocycles. The van der Waals surface area contributed by atoms with Gasteiger partial charge in [-0.25, -0.2) is 0 Å². The molecule has 1 amide bonds. The second-order valence-electron chi connectivity index (χ2n) is 4.20. The van der Waals surface area contributed by atoms with E-state index in [0.717, 1.165) is 19.4 Å². The lowest BCUT2D eigenvalue weighted by molar-refractivity contribution is -0.132. The Labute approximate surface area is 79.5 Å². The zero-order chi connectivity index (χ0) is 9.47. The maximum Gasteiger partial charge on any atom is 0.244 e. The molecule has 2 fully saturated rings. The fraction of sp³-hybridized carbons (Fsp3) is 0.900. The number of hydrogen-bond donors (Lipinski definition) is 1. The largest absolute Gasteiger partial charge is 0.326 e. The van der Waals surface area contributed by atoms with Gasteiger partial charge in [0.1, 0.15) is 0 Å². The first kappa shape index (κ1) is 9.00. The minimum Gasteiger partial charge on any atom is -0.326 e. The summed E-state index contributed by atoms with van der Waals surface area (Å²) in [5, 5.41) is 3.46. The number of nitrogens with one attached hydrogen (secondary N) is 1. The number of hydrogen-bond acceptors (Lipinski definition) is 2. The van der Waals surface area contributed by atoms with Crippen LogP contribution in [-0.2, 0) is 4.79 Å². The van der Waals surface area contributed by atoms with Crippen molar-refractivity contribution in [3.63, 3.8) is 0 Å². The number of carbonyl (C=O) groups is 1. The van der Waals surface area contributed by atoms with Crippen molar-refractivity contribution in [2.24, 2.45) is 0 Å². The smallest absolute Gasteiger partial charge is 0.244 e. The van der Waals surface area contributed by atoms with E-state index in [9.17, 15) is 4.79 Å². The number of likely N-dealkylation sites (N-methyl/N-ethyl adjacent to an activating group) is 1. The topological polar surface area (TPSA) is 32.3 Å². The molecule has 1 heterocycles. The normalized spacial score (nSPS) is 32.0. The van der Waals surface area contributed by atoms with Gasteiger partial charge in [-0.3, -0.25) is 10.1 Å². The molecule has 1 aliphatic carbocycles. The standard InChI is InChI=1S/C10H18N2O/c1-3-12-8(2)11-10(9(12)13)6-4-5-7-10/h8,11H,3-7H2,1-2H3. The van der Waals surface area contributed by atoms with Crippen LogP contribution < -0.4 is 5.32 Å². The fourth-order valence-electron chi connectivity index (χ4n) is 2.74. The third kappa shape index (κ3) is 1.17. The highest BCUT2D eigenvalue weighted by Crippen LogP contribution is 2.35. The van der Waals surface area contributed by atoms with E-state index in [0.29, 0.717) is 5.91 Å². The molecule has 0 radical (unpaired) electrons. The van der Waals surface area contributed by atoms with Gasteiger partial charge in [0.25, 0.3) is 0 Å². The van der Waals surface area contributed by atoms with Gasteiger partial charge in [-0.2, -0.15) is 0 Å². The fourth-order valence-corrected chi connectivity index (χ4v) is 2.74. The first-order valence-corrected chi connectivity index (χ1v) is 5.28. The van der Waals surface area contributed by atoms with Crippen LogP contribution in [0.3, 0.4) is 0 Å². The van der Waals surface area contributed by atoms with E-state index in [1.165, 1.54) is 12.8 Å². The quantitative estimate of drug-likeness (QED) is 0.658. The van der Waals surface area contributed by atoms with Crippen molar-refractivity contribution in [3.05, 3.63) is 0 Å². The number of amides is 1. The third-order valence-electron chi connectivity index (χ3n) is 3.42. The molecule has 1 saturated heterocycles. The summed E-state index contributed by atoms with van der Waals surface area (Å²) in [6, 6.07) is 0. The molecule has 2 aliphatic rings. The van der Waals surface area contributed by atoms with Gasteiger partial charge in [0.05, 0.1) is 11.7 Å². The molecule has 1 saturated carbocycles. The zero-order valence-corrected chi connectivity index (χ0v) is 8.47. The molecule has 1 aliphatic heterocycles. The lowest BCUT2D eigenvalue weighted by Gasteiger charge is -2.20. The van der Waals surface area contributed by atoms with Gasteiger partial charge in [0.15, 0.2) is 0 Å². The summed E-state index contributed by atoms with van der Waals surface area (Å²) in [5.74, 6) is 0.333. The van der Waals surface area contributed by atoms with Crippen molar-refractivity contribution >= 4 is 5.91 Å². The van der Waals surface area contributed by atoms with Gasteiger partial charge in [-0.1, -0.05) is 12.8 Å². The molecule has 13 heavy (non-hydrogen) atoms. The van der Waals surface area contributed by atoms with E-state index in [4.69, 9.17) is 0 Å². The van der Waals surface area contributed by atoms with Crippen LogP contribution in [0.1, 0.15) is 39.5 Å². The van der Waals surface area contributed by atoms with Crippen LogP contribution in [0.15, 0.2) is 0 Å². The molecule has 0 aromatic heterocycles. The second-order valence-corrected chi connectivity index (χ2v) is 4.20. The highest BCUT2D eigenvalue weighted by Gasteiger charge is 2.50. The van der Waals surface area contributed by atoms with Gasteiger partial charge in [-0.05, 0) is 26.7 Å². The monoisotopic (exact) mass is 182 g/mol. The first-order valence-electron chi connectivity index (χ1n) is 5.28. The highest BCUT2D eigenvalue weighted by atomic mass is 16.2. The predicted molar refractivity (Wildman–Crippen MR) is 51.2 cm³/mol. The second kappa shape index (κ2) is 2.98. The number of rotatable bonds is 1. The van der Waals surface area contributed by atoms with Crippen LogP contribution in [0.25, 0.3) is 0 Å². The molecule has 1 spiro atoms. The Balaban J connectivity index is 2.20. The van der Waals surface area contributed by atoms with Gasteiger partial charge < -0.3 is 4.90 Å². The van der Waals surface area contributed by atoms with E-state index in [1.54, 1.807) is 0 Å². The van der Waals surface area contributed by atoms with E-state index < -0.39 is 0 Å². The maximum absolute atomic E-state index is 12.0. The molecule has 0 bridgehead atoms. The molecule has 1 unspecified atom stereocenters. The van der Waals surface area contributed by atoms with Crippen molar-refractivity contribution in [1.29, 1.82) is 0 Å².